The van der Waals surface area contributed by atoms with Crippen molar-refractivity contribution in [1.82, 2.24) is 15.6 Å². The van der Waals surface area contributed by atoms with Crippen molar-refractivity contribution in [2.24, 2.45) is 0 Å². The van der Waals surface area contributed by atoms with Crippen molar-refractivity contribution in [3.8, 4) is 11.5 Å². The molecule has 1 aliphatic rings. The fourth-order valence-electron chi connectivity index (χ4n) is 4.15. The first-order valence-corrected chi connectivity index (χ1v) is 12.0. The van der Waals surface area contributed by atoms with Gasteiger partial charge in [-0.15, -0.1) is 0 Å². The molecule has 9 heteroatoms. The first kappa shape index (κ1) is 25.4. The van der Waals surface area contributed by atoms with Gasteiger partial charge in [0.05, 0.1) is 43.7 Å². The second-order valence-electron chi connectivity index (χ2n) is 8.54. The highest BCUT2D eigenvalue weighted by Gasteiger charge is 2.31. The maximum atomic E-state index is 14.1. The number of hydrogen-bond donors (Lipinski definition) is 2. The molecule has 0 radical (unpaired) electrons. The molecule has 0 saturated carbocycles. The van der Waals surface area contributed by atoms with Crippen molar-refractivity contribution < 1.29 is 23.8 Å². The third-order valence-electron chi connectivity index (χ3n) is 6.28. The second kappa shape index (κ2) is 11.8. The Kier molecular flexibility index (Phi) is 8.35. The summed E-state index contributed by atoms with van der Waals surface area (Å²) in [5.74, 6) is 0.600. The molecule has 2 unspecified atom stereocenters. The SMILES string of the molecule is CNC(C)C(=O)NC1CCOCCOc2ccccc2N(Cc2c(OC)cnc3ccccc23)C1=O. The van der Waals surface area contributed by atoms with E-state index >= 15 is 0 Å². The molecule has 9 nitrogen and oxygen atoms in total. The van der Waals surface area contributed by atoms with Crippen molar-refractivity contribution in [1.29, 1.82) is 0 Å². The number of nitrogens with one attached hydrogen (secondary N) is 2. The van der Waals surface area contributed by atoms with Crippen LogP contribution in [0.4, 0.5) is 5.69 Å². The van der Waals surface area contributed by atoms with Crippen LogP contribution in [-0.4, -0.2) is 62.9 Å². The molecule has 3 aromatic rings. The highest BCUT2D eigenvalue weighted by molar-refractivity contribution is 6.01. The van der Waals surface area contributed by atoms with Crippen LogP contribution in [0, 0.1) is 0 Å². The van der Waals surface area contributed by atoms with Crippen molar-refractivity contribution in [3.63, 3.8) is 0 Å². The zero-order chi connectivity index (χ0) is 25.5. The van der Waals surface area contributed by atoms with E-state index in [0.29, 0.717) is 43.4 Å². The number of aromatic nitrogens is 1. The molecule has 2 atom stereocenters. The molecule has 0 fully saturated rings. The van der Waals surface area contributed by atoms with Crippen LogP contribution < -0.4 is 25.0 Å². The predicted octanol–water partition coefficient (Wildman–Crippen LogP) is 2.67. The smallest absolute Gasteiger partial charge is 0.250 e. The number of amides is 2. The molecule has 2 N–H and O–H groups in total. The quantitative estimate of drug-likeness (QED) is 0.546. The summed E-state index contributed by atoms with van der Waals surface area (Å²) in [6.45, 7) is 2.96. The summed E-state index contributed by atoms with van der Waals surface area (Å²) in [6, 6.07) is 13.9. The van der Waals surface area contributed by atoms with Gasteiger partial charge in [0.2, 0.25) is 11.8 Å². The number of carbonyl (C=O) groups excluding carboxylic acids is 2. The van der Waals surface area contributed by atoms with Crippen LogP contribution in [0.1, 0.15) is 18.9 Å². The number of hydrogen-bond acceptors (Lipinski definition) is 7. The number of rotatable bonds is 6. The van der Waals surface area contributed by atoms with E-state index < -0.39 is 12.1 Å². The Balaban J connectivity index is 1.81. The van der Waals surface area contributed by atoms with E-state index in [9.17, 15) is 9.59 Å². The van der Waals surface area contributed by atoms with Gasteiger partial charge in [-0.05, 0) is 38.6 Å². The van der Waals surface area contributed by atoms with Crippen LogP contribution in [0.2, 0.25) is 0 Å². The van der Waals surface area contributed by atoms with E-state index in [-0.39, 0.29) is 18.4 Å². The molecule has 2 heterocycles. The minimum atomic E-state index is -0.793. The Morgan fingerprint density at radius 2 is 1.94 bits per heavy atom. The number of ether oxygens (including phenoxy) is 3. The Labute approximate surface area is 210 Å². The van der Waals surface area contributed by atoms with Crippen molar-refractivity contribution in [2.45, 2.75) is 32.0 Å². The van der Waals surface area contributed by atoms with Crippen molar-refractivity contribution in [2.75, 3.05) is 38.9 Å². The molecular formula is C27H32N4O5. The number of benzene rings is 2. The number of methoxy groups -OCH3 is 1. The van der Waals surface area contributed by atoms with E-state index in [1.807, 2.05) is 48.5 Å². The number of pyridine rings is 1. The molecule has 1 aliphatic heterocycles. The lowest BCUT2D eigenvalue weighted by molar-refractivity contribution is -0.129. The third kappa shape index (κ3) is 5.58. The van der Waals surface area contributed by atoms with Gasteiger partial charge in [0, 0.05) is 17.6 Å². The Bertz CT molecular complexity index is 1220. The van der Waals surface area contributed by atoms with Gasteiger partial charge in [0.15, 0.2) is 0 Å². The van der Waals surface area contributed by atoms with Crippen LogP contribution in [0.3, 0.4) is 0 Å². The third-order valence-corrected chi connectivity index (χ3v) is 6.28. The first-order valence-electron chi connectivity index (χ1n) is 12.0. The van der Waals surface area contributed by atoms with E-state index in [2.05, 4.69) is 15.6 Å². The Hall–Kier alpha value is -3.69. The largest absolute Gasteiger partial charge is 0.495 e. The molecule has 2 amide bonds. The molecule has 36 heavy (non-hydrogen) atoms. The van der Waals surface area contributed by atoms with Gasteiger partial charge in [-0.2, -0.15) is 0 Å². The maximum absolute atomic E-state index is 14.1. The van der Waals surface area contributed by atoms with Gasteiger partial charge in [-0.1, -0.05) is 30.3 Å². The normalized spacial score (nSPS) is 17.5. The Morgan fingerprint density at radius 3 is 2.75 bits per heavy atom. The highest BCUT2D eigenvalue weighted by Crippen LogP contribution is 2.34. The topological polar surface area (TPSA) is 102 Å². The molecule has 4 rings (SSSR count). The summed E-state index contributed by atoms with van der Waals surface area (Å²) in [6.07, 6.45) is 1.99. The lowest BCUT2D eigenvalue weighted by atomic mass is 10.1. The molecular weight excluding hydrogens is 460 g/mol. The lowest BCUT2D eigenvalue weighted by Crippen LogP contribution is -2.53. The summed E-state index contributed by atoms with van der Waals surface area (Å²) in [7, 11) is 3.29. The van der Waals surface area contributed by atoms with Crippen LogP contribution >= 0.6 is 0 Å². The van der Waals surface area contributed by atoms with Gasteiger partial charge in [0.25, 0.3) is 0 Å². The van der Waals surface area contributed by atoms with Gasteiger partial charge in [-0.3, -0.25) is 14.6 Å². The van der Waals surface area contributed by atoms with E-state index in [1.165, 1.54) is 0 Å². The van der Waals surface area contributed by atoms with Gasteiger partial charge < -0.3 is 29.7 Å². The van der Waals surface area contributed by atoms with Gasteiger partial charge in [-0.25, -0.2) is 0 Å². The molecule has 2 aromatic carbocycles. The van der Waals surface area contributed by atoms with E-state index in [4.69, 9.17) is 14.2 Å². The molecule has 0 aliphatic carbocycles. The number of carbonyl (C=O) groups is 2. The van der Waals surface area contributed by atoms with Gasteiger partial charge in [0.1, 0.15) is 24.1 Å². The second-order valence-corrected chi connectivity index (χ2v) is 8.54. The number of nitrogens with zero attached hydrogens (tertiary/aromatic N) is 2. The van der Waals surface area contributed by atoms with Crippen LogP contribution in [0.25, 0.3) is 10.9 Å². The van der Waals surface area contributed by atoms with Crippen molar-refractivity contribution in [3.05, 3.63) is 60.3 Å². The summed E-state index contributed by atoms with van der Waals surface area (Å²) in [5.41, 5.74) is 2.21. The number of likely N-dealkylation sites (N-methyl/N-ethyl adjacent to an activating group) is 1. The predicted molar refractivity (Wildman–Crippen MR) is 137 cm³/mol. The van der Waals surface area contributed by atoms with E-state index in [1.54, 1.807) is 32.2 Å². The summed E-state index contributed by atoms with van der Waals surface area (Å²) in [5, 5.41) is 6.71. The average Bonchev–Trinajstić information content (AvgIpc) is 2.94. The van der Waals surface area contributed by atoms with E-state index in [0.717, 1.165) is 16.5 Å². The fraction of sp³-hybridized carbons (Fsp3) is 0.370. The zero-order valence-electron chi connectivity index (χ0n) is 20.8. The molecule has 0 bridgehead atoms. The van der Waals surface area contributed by atoms with Crippen LogP contribution in [0.15, 0.2) is 54.7 Å². The van der Waals surface area contributed by atoms with Crippen molar-refractivity contribution >= 4 is 28.4 Å². The highest BCUT2D eigenvalue weighted by atomic mass is 16.5. The maximum Gasteiger partial charge on any atom is 0.250 e. The number of para-hydroxylation sites is 3. The lowest BCUT2D eigenvalue weighted by Gasteiger charge is -2.30. The minimum Gasteiger partial charge on any atom is -0.495 e. The molecule has 0 saturated heterocycles. The van der Waals surface area contributed by atoms with Gasteiger partial charge >= 0.3 is 0 Å². The Morgan fingerprint density at radius 1 is 1.17 bits per heavy atom. The summed E-state index contributed by atoms with van der Waals surface area (Å²) >= 11 is 0. The first-order chi connectivity index (χ1) is 17.5. The van der Waals surface area contributed by atoms with Crippen LogP contribution in [-0.2, 0) is 20.9 Å². The standard InChI is InChI=1S/C27H32N4O5/c1-18(28-2)26(32)30-22-12-13-35-14-15-36-24-11-7-6-10-23(24)31(27(22)33)17-20-19-8-4-5-9-21(19)29-16-25(20)34-3/h4-11,16,18,22,28H,12-15,17H2,1-3H3,(H,30,32). The molecule has 0 spiro atoms. The molecule has 1 aromatic heterocycles. The zero-order valence-corrected chi connectivity index (χ0v) is 20.8. The average molecular weight is 493 g/mol. The number of anilines is 1. The minimum absolute atomic E-state index is 0.195. The fourth-order valence-corrected chi connectivity index (χ4v) is 4.15. The summed E-state index contributed by atoms with van der Waals surface area (Å²) in [4.78, 5) is 33.0. The van der Waals surface area contributed by atoms with Crippen LogP contribution in [0.5, 0.6) is 11.5 Å². The number of fused-ring (bicyclic) bond motifs is 2. The molecule has 190 valence electrons. The monoisotopic (exact) mass is 492 g/mol. The summed E-state index contributed by atoms with van der Waals surface area (Å²) < 4.78 is 17.3.